The third-order valence-corrected chi connectivity index (χ3v) is 1.99. The molecule has 0 aromatic heterocycles. The van der Waals surface area contributed by atoms with E-state index in [1.165, 1.54) is 6.07 Å². The highest BCUT2D eigenvalue weighted by Crippen LogP contribution is 2.12. The second kappa shape index (κ2) is 5.03. The molecule has 1 nitrogen and oxygen atoms in total. The molecule has 15 heavy (non-hydrogen) atoms. The maximum atomic E-state index is 13.3. The first-order valence-corrected chi connectivity index (χ1v) is 4.76. The van der Waals surface area contributed by atoms with Crippen molar-refractivity contribution in [1.82, 2.24) is 4.90 Å². The van der Waals surface area contributed by atoms with Gasteiger partial charge in [0.05, 0.1) is 0 Å². The van der Waals surface area contributed by atoms with Crippen LogP contribution in [-0.2, 0) is 6.54 Å². The molecule has 0 fully saturated rings. The number of likely N-dealkylation sites (N-methyl/N-ethyl adjacent to an activating group) is 1. The summed E-state index contributed by atoms with van der Waals surface area (Å²) in [5, 5.41) is 0. The summed E-state index contributed by atoms with van der Waals surface area (Å²) in [6, 6.07) is 3.50. The van der Waals surface area contributed by atoms with Gasteiger partial charge in [-0.3, -0.25) is 4.90 Å². The summed E-state index contributed by atoms with van der Waals surface area (Å²) in [5.41, 5.74) is 1.37. The Morgan fingerprint density at radius 3 is 2.67 bits per heavy atom. The monoisotopic (exact) mass is 211 g/mol. The molecule has 0 aliphatic rings. The van der Waals surface area contributed by atoms with E-state index in [1.54, 1.807) is 0 Å². The van der Waals surface area contributed by atoms with Crippen LogP contribution < -0.4 is 0 Å². The van der Waals surface area contributed by atoms with Gasteiger partial charge in [-0.2, -0.15) is 0 Å². The van der Waals surface area contributed by atoms with E-state index >= 15 is 0 Å². The van der Waals surface area contributed by atoms with Crippen LogP contribution in [0.2, 0.25) is 0 Å². The number of benzene rings is 1. The van der Waals surface area contributed by atoms with Gasteiger partial charge in [-0.1, -0.05) is 12.2 Å². The van der Waals surface area contributed by atoms with E-state index < -0.39 is 5.82 Å². The van der Waals surface area contributed by atoms with Crippen molar-refractivity contribution in [1.29, 1.82) is 0 Å². The van der Waals surface area contributed by atoms with Gasteiger partial charge in [-0.15, -0.1) is 0 Å². The first-order valence-electron chi connectivity index (χ1n) is 4.76. The van der Waals surface area contributed by atoms with Crippen molar-refractivity contribution < 1.29 is 8.78 Å². The standard InChI is InChI=1S/C12H15F2N/c1-9(2)7-15(3)8-10-6-11(13)4-5-12(10)14/h4-6H,1,7-8H2,2-3H3. The number of hydrogen-bond donors (Lipinski definition) is 0. The van der Waals surface area contributed by atoms with E-state index in [9.17, 15) is 8.78 Å². The van der Waals surface area contributed by atoms with Gasteiger partial charge in [0.1, 0.15) is 11.6 Å². The van der Waals surface area contributed by atoms with Crippen LogP contribution in [0.4, 0.5) is 8.78 Å². The molecular formula is C12H15F2N. The normalized spacial score (nSPS) is 10.7. The topological polar surface area (TPSA) is 3.24 Å². The lowest BCUT2D eigenvalue weighted by Gasteiger charge is -2.16. The quantitative estimate of drug-likeness (QED) is 0.692. The minimum atomic E-state index is -0.407. The predicted octanol–water partition coefficient (Wildman–Crippen LogP) is 2.97. The molecular weight excluding hydrogens is 196 g/mol. The molecule has 0 heterocycles. The molecule has 0 saturated heterocycles. The van der Waals surface area contributed by atoms with Crippen LogP contribution >= 0.6 is 0 Å². The van der Waals surface area contributed by atoms with Crippen LogP contribution in [0.25, 0.3) is 0 Å². The van der Waals surface area contributed by atoms with Crippen LogP contribution in [0.3, 0.4) is 0 Å². The van der Waals surface area contributed by atoms with E-state index in [-0.39, 0.29) is 5.82 Å². The van der Waals surface area contributed by atoms with E-state index in [1.807, 2.05) is 18.9 Å². The van der Waals surface area contributed by atoms with Gasteiger partial charge in [0.25, 0.3) is 0 Å². The first kappa shape index (κ1) is 11.9. The van der Waals surface area contributed by atoms with Crippen molar-refractivity contribution in [3.8, 4) is 0 Å². The molecule has 0 amide bonds. The van der Waals surface area contributed by atoms with Crippen molar-refractivity contribution in [2.24, 2.45) is 0 Å². The minimum Gasteiger partial charge on any atom is -0.298 e. The molecule has 0 unspecified atom stereocenters. The molecule has 0 atom stereocenters. The van der Waals surface area contributed by atoms with Crippen LogP contribution in [0, 0.1) is 11.6 Å². The highest BCUT2D eigenvalue weighted by atomic mass is 19.1. The zero-order valence-electron chi connectivity index (χ0n) is 9.06. The summed E-state index contributed by atoms with van der Waals surface area (Å²) in [6.45, 7) is 6.73. The summed E-state index contributed by atoms with van der Waals surface area (Å²) < 4.78 is 26.1. The molecule has 82 valence electrons. The molecule has 0 bridgehead atoms. The van der Waals surface area contributed by atoms with Crippen LogP contribution in [0.1, 0.15) is 12.5 Å². The van der Waals surface area contributed by atoms with Gasteiger partial charge >= 0.3 is 0 Å². The maximum Gasteiger partial charge on any atom is 0.127 e. The third-order valence-electron chi connectivity index (χ3n) is 1.99. The Kier molecular flexibility index (Phi) is 3.97. The van der Waals surface area contributed by atoms with Crippen LogP contribution in [-0.4, -0.2) is 18.5 Å². The van der Waals surface area contributed by atoms with Crippen molar-refractivity contribution in [3.05, 3.63) is 47.5 Å². The van der Waals surface area contributed by atoms with Gasteiger partial charge in [0.2, 0.25) is 0 Å². The molecule has 0 spiro atoms. The summed E-state index contributed by atoms with van der Waals surface area (Å²) in [5.74, 6) is -0.778. The molecule has 0 aliphatic heterocycles. The van der Waals surface area contributed by atoms with Gasteiger partial charge in [0.15, 0.2) is 0 Å². The average molecular weight is 211 g/mol. The zero-order chi connectivity index (χ0) is 11.4. The second-order valence-electron chi connectivity index (χ2n) is 3.87. The number of nitrogens with zero attached hydrogens (tertiary/aromatic N) is 1. The average Bonchev–Trinajstić information content (AvgIpc) is 2.10. The van der Waals surface area contributed by atoms with Gasteiger partial charge in [0, 0.05) is 18.7 Å². The molecule has 0 saturated carbocycles. The number of halogens is 2. The van der Waals surface area contributed by atoms with Crippen molar-refractivity contribution >= 4 is 0 Å². The summed E-state index contributed by atoms with van der Waals surface area (Å²) >= 11 is 0. The zero-order valence-corrected chi connectivity index (χ0v) is 9.06. The fourth-order valence-corrected chi connectivity index (χ4v) is 1.47. The molecule has 1 aromatic carbocycles. The van der Waals surface area contributed by atoms with Crippen molar-refractivity contribution in [2.75, 3.05) is 13.6 Å². The molecule has 1 rings (SSSR count). The predicted molar refractivity (Wildman–Crippen MR) is 57.5 cm³/mol. The highest BCUT2D eigenvalue weighted by molar-refractivity contribution is 5.18. The summed E-state index contributed by atoms with van der Waals surface area (Å²) in [4.78, 5) is 1.89. The SMILES string of the molecule is C=C(C)CN(C)Cc1cc(F)ccc1F. The van der Waals surface area contributed by atoms with E-state index in [2.05, 4.69) is 6.58 Å². The van der Waals surface area contributed by atoms with Crippen molar-refractivity contribution in [2.45, 2.75) is 13.5 Å². The van der Waals surface area contributed by atoms with Gasteiger partial charge in [-0.25, -0.2) is 8.78 Å². The number of hydrogen-bond acceptors (Lipinski definition) is 1. The molecule has 0 N–H and O–H groups in total. The molecule has 1 aromatic rings. The Labute approximate surface area is 89.0 Å². The van der Waals surface area contributed by atoms with E-state index in [4.69, 9.17) is 0 Å². The van der Waals surface area contributed by atoms with E-state index in [0.717, 1.165) is 17.7 Å². The Morgan fingerprint density at radius 2 is 2.07 bits per heavy atom. The lowest BCUT2D eigenvalue weighted by molar-refractivity contribution is 0.347. The van der Waals surface area contributed by atoms with Crippen LogP contribution in [0.5, 0.6) is 0 Å². The smallest absolute Gasteiger partial charge is 0.127 e. The third kappa shape index (κ3) is 3.80. The van der Waals surface area contributed by atoms with E-state index in [0.29, 0.717) is 18.7 Å². The fraction of sp³-hybridized carbons (Fsp3) is 0.333. The van der Waals surface area contributed by atoms with Crippen LogP contribution in [0.15, 0.2) is 30.4 Å². The highest BCUT2D eigenvalue weighted by Gasteiger charge is 2.06. The fourth-order valence-electron chi connectivity index (χ4n) is 1.47. The number of rotatable bonds is 4. The Morgan fingerprint density at radius 1 is 1.40 bits per heavy atom. The molecule has 3 heteroatoms. The largest absolute Gasteiger partial charge is 0.298 e. The Bertz CT molecular complexity index is 361. The minimum absolute atomic E-state index is 0.370. The Balaban J connectivity index is 2.71. The first-order chi connectivity index (χ1) is 6.99. The lowest BCUT2D eigenvalue weighted by atomic mass is 10.2. The van der Waals surface area contributed by atoms with Gasteiger partial charge < -0.3 is 0 Å². The maximum absolute atomic E-state index is 13.3. The van der Waals surface area contributed by atoms with Crippen molar-refractivity contribution in [3.63, 3.8) is 0 Å². The summed E-state index contributed by atoms with van der Waals surface area (Å²) in [6.07, 6.45) is 0. The summed E-state index contributed by atoms with van der Waals surface area (Å²) in [7, 11) is 1.85. The Hall–Kier alpha value is -1.22. The molecule has 0 aliphatic carbocycles. The lowest BCUT2D eigenvalue weighted by Crippen LogP contribution is -2.20. The molecule has 0 radical (unpaired) electrons. The second-order valence-corrected chi connectivity index (χ2v) is 3.87. The van der Waals surface area contributed by atoms with Gasteiger partial charge in [-0.05, 0) is 32.2 Å².